The van der Waals surface area contributed by atoms with Crippen LogP contribution in [0.5, 0.6) is 0 Å². The van der Waals surface area contributed by atoms with Gasteiger partial charge < -0.3 is 0 Å². The zero-order valence-electron chi connectivity index (χ0n) is 23.5. The van der Waals surface area contributed by atoms with Gasteiger partial charge in [0.2, 0.25) is 0 Å². The lowest BCUT2D eigenvalue weighted by Crippen LogP contribution is -2.17. The molecule has 3 aromatic rings. The quantitative estimate of drug-likeness (QED) is 0.197. The van der Waals surface area contributed by atoms with E-state index in [1.807, 2.05) is 0 Å². The number of allylic oxidation sites excluding steroid dienone is 4. The molecule has 2 aliphatic rings. The van der Waals surface area contributed by atoms with E-state index in [2.05, 4.69) is 20.0 Å². The minimum Gasteiger partial charge on any atom is -0.242 e. The first-order valence-corrected chi connectivity index (χ1v) is 12.8. The first-order chi connectivity index (χ1) is 22.8. The number of rotatable bonds is 2. The van der Waals surface area contributed by atoms with Crippen LogP contribution in [0, 0.1) is 63.9 Å². The largest absolute Gasteiger partial charge is 0.433 e. The molecule has 2 aromatic heterocycles. The van der Waals surface area contributed by atoms with Crippen molar-refractivity contribution < 1.29 is 48.3 Å². The summed E-state index contributed by atoms with van der Waals surface area (Å²) in [6.07, 6.45) is -16.0. The molecule has 0 radical (unpaired) electrons. The van der Waals surface area contributed by atoms with E-state index < -0.39 is 115 Å². The Morgan fingerprint density at radius 3 is 1.33 bits per heavy atom. The fourth-order valence-corrected chi connectivity index (χ4v) is 4.93. The molecule has 0 aliphatic carbocycles. The average molecular weight is 688 g/mol. The molecule has 5 rings (SSSR count). The highest BCUT2D eigenvalue weighted by Gasteiger charge is 2.44. The number of halogens is 11. The predicted molar refractivity (Wildman–Crippen MR) is 143 cm³/mol. The van der Waals surface area contributed by atoms with E-state index in [4.69, 9.17) is 0 Å². The van der Waals surface area contributed by atoms with Crippen LogP contribution in [-0.4, -0.2) is 21.4 Å². The lowest BCUT2D eigenvalue weighted by atomic mass is 9.90. The molecule has 1 aromatic carbocycles. The van der Waals surface area contributed by atoms with Crippen molar-refractivity contribution in [2.45, 2.75) is 25.5 Å². The summed E-state index contributed by atoms with van der Waals surface area (Å²) in [7, 11) is 0. The van der Waals surface area contributed by atoms with Crippen molar-refractivity contribution in [1.29, 1.82) is 21.0 Å². The Labute approximate surface area is 265 Å². The number of nitriles is 4. The van der Waals surface area contributed by atoms with Crippen LogP contribution in [0.3, 0.4) is 0 Å². The zero-order valence-corrected chi connectivity index (χ0v) is 23.5. The van der Waals surface area contributed by atoms with Gasteiger partial charge in [-0.05, 0) is 36.8 Å². The third-order valence-electron chi connectivity index (χ3n) is 6.88. The normalized spacial score (nSPS) is 13.8. The van der Waals surface area contributed by atoms with Crippen LogP contribution in [-0.2, 0) is 18.5 Å². The number of hydrogen-bond donors (Lipinski definition) is 0. The third-order valence-corrected chi connectivity index (χ3v) is 6.88. The molecule has 0 saturated carbocycles. The number of pyridine rings is 2. The van der Waals surface area contributed by atoms with E-state index >= 15 is 8.78 Å². The van der Waals surface area contributed by atoms with Gasteiger partial charge in [0.25, 0.3) is 0 Å². The van der Waals surface area contributed by atoms with Crippen LogP contribution >= 0.6 is 0 Å². The van der Waals surface area contributed by atoms with Crippen molar-refractivity contribution in [2.75, 3.05) is 0 Å². The maximum atomic E-state index is 16.5. The minimum atomic E-state index is -5.50. The molecule has 0 atom stereocenters. The van der Waals surface area contributed by atoms with E-state index in [0.717, 1.165) is 6.07 Å². The molecule has 19 heteroatoms. The monoisotopic (exact) mass is 688 g/mol. The summed E-state index contributed by atoms with van der Waals surface area (Å²) in [4.78, 5) is 14.0. The number of fused-ring (bicyclic) bond motifs is 2. The Balaban J connectivity index is 1.89. The molecule has 244 valence electrons. The molecular weight excluding hydrogens is 681 g/mol. The molecule has 0 unspecified atom stereocenters. The number of aromatic nitrogens is 2. The number of hydrogen-bond acceptors (Lipinski definition) is 8. The number of aliphatic imine (C=N–C) groups is 2. The Morgan fingerprint density at radius 2 is 0.959 bits per heavy atom. The van der Waals surface area contributed by atoms with E-state index in [9.17, 15) is 60.6 Å². The fourth-order valence-electron chi connectivity index (χ4n) is 4.93. The predicted octanol–water partition coefficient (Wildman–Crippen LogP) is 7.99. The number of benzene rings is 1. The zero-order chi connectivity index (χ0) is 36.4. The Morgan fingerprint density at radius 1 is 0.571 bits per heavy atom. The average Bonchev–Trinajstić information content (AvgIpc) is 3.61. The third kappa shape index (κ3) is 5.61. The SMILES string of the molecule is Cc1cc(C2=Nc3c(F)c4c(c(F)c3C2=C(C#N)C#N)N=C(c2cc(C(F)(F)F)cc(C(F)(F)F)n2)C4=C(C#N)C#N)nc(C(F)(F)F)c1. The first-order valence-electron chi connectivity index (χ1n) is 12.8. The second-order valence-electron chi connectivity index (χ2n) is 9.98. The highest BCUT2D eigenvalue weighted by Crippen LogP contribution is 2.52. The van der Waals surface area contributed by atoms with Crippen LogP contribution in [0.1, 0.15) is 45.0 Å². The number of alkyl halides is 9. The van der Waals surface area contributed by atoms with E-state index in [1.54, 1.807) is 0 Å². The van der Waals surface area contributed by atoms with Gasteiger partial charge in [0.1, 0.15) is 58.2 Å². The van der Waals surface area contributed by atoms with Crippen molar-refractivity contribution in [3.8, 4) is 24.3 Å². The van der Waals surface area contributed by atoms with Crippen LogP contribution in [0.2, 0.25) is 0 Å². The fraction of sp³-hybridized carbons (Fsp3) is 0.133. The molecule has 0 N–H and O–H groups in total. The van der Waals surface area contributed by atoms with Gasteiger partial charge in [-0.25, -0.2) is 28.7 Å². The molecule has 0 saturated heterocycles. The van der Waals surface area contributed by atoms with E-state index in [0.29, 0.717) is 6.07 Å². The molecule has 0 amide bonds. The van der Waals surface area contributed by atoms with Gasteiger partial charge >= 0.3 is 18.5 Å². The maximum Gasteiger partial charge on any atom is 0.433 e. The standard InChI is InChI=1S/C30H7F11N8/c1-10-2-14(46-16(3-10)29(36,37)38)24-18(11(6-42)7-43)20-22(31)27-21(23(32)26(20)48-24)19(12(8-44)9-45)25(49-27)15-4-13(28(33,34)35)5-17(47-15)30(39,40)41/h2-5H,1H3. The molecular formula is C30H7F11N8. The molecule has 0 spiro atoms. The van der Waals surface area contributed by atoms with Gasteiger partial charge in [-0.3, -0.25) is 0 Å². The van der Waals surface area contributed by atoms with E-state index in [1.165, 1.54) is 31.2 Å². The van der Waals surface area contributed by atoms with Crippen LogP contribution in [0.15, 0.2) is 45.4 Å². The Hall–Kier alpha value is -6.47. The summed E-state index contributed by atoms with van der Waals surface area (Å²) >= 11 is 0. The molecule has 0 bridgehead atoms. The highest BCUT2D eigenvalue weighted by molar-refractivity contribution is 6.40. The summed E-state index contributed by atoms with van der Waals surface area (Å²) in [5.74, 6) is -3.45. The molecule has 4 heterocycles. The molecule has 8 nitrogen and oxygen atoms in total. The summed E-state index contributed by atoms with van der Waals surface area (Å²) in [5, 5.41) is 38.4. The van der Waals surface area contributed by atoms with Gasteiger partial charge in [-0.15, -0.1) is 0 Å². The Bertz CT molecular complexity index is 2250. The second-order valence-corrected chi connectivity index (χ2v) is 9.98. The van der Waals surface area contributed by atoms with Crippen LogP contribution in [0.25, 0.3) is 11.1 Å². The van der Waals surface area contributed by atoms with Gasteiger partial charge in [0.15, 0.2) is 11.6 Å². The van der Waals surface area contributed by atoms with Crippen molar-refractivity contribution in [3.05, 3.63) is 92.1 Å². The van der Waals surface area contributed by atoms with Crippen molar-refractivity contribution in [1.82, 2.24) is 9.97 Å². The van der Waals surface area contributed by atoms with Gasteiger partial charge in [0, 0.05) is 11.1 Å². The molecule has 0 fully saturated rings. The van der Waals surface area contributed by atoms with Crippen LogP contribution in [0.4, 0.5) is 59.7 Å². The maximum absolute atomic E-state index is 16.5. The lowest BCUT2D eigenvalue weighted by molar-refractivity contribution is -0.145. The van der Waals surface area contributed by atoms with Gasteiger partial charge in [-0.2, -0.15) is 60.6 Å². The number of aryl methyl sites for hydroxylation is 1. The smallest absolute Gasteiger partial charge is 0.242 e. The van der Waals surface area contributed by atoms with Gasteiger partial charge in [0.05, 0.1) is 39.5 Å². The summed E-state index contributed by atoms with van der Waals surface area (Å²) < 4.78 is 155. The second kappa shape index (κ2) is 11.3. The molecule has 49 heavy (non-hydrogen) atoms. The van der Waals surface area contributed by atoms with Crippen molar-refractivity contribution in [2.24, 2.45) is 9.98 Å². The van der Waals surface area contributed by atoms with Crippen molar-refractivity contribution >= 4 is 33.9 Å². The van der Waals surface area contributed by atoms with Gasteiger partial charge in [-0.1, -0.05) is 0 Å². The summed E-state index contributed by atoms with van der Waals surface area (Å²) in [6.45, 7) is 1.20. The summed E-state index contributed by atoms with van der Waals surface area (Å²) in [5.41, 5.74) is -18.4. The highest BCUT2D eigenvalue weighted by atomic mass is 19.4. The summed E-state index contributed by atoms with van der Waals surface area (Å²) in [6, 6.07) is 6.57. The first kappa shape index (κ1) is 33.9. The Kier molecular flexibility index (Phi) is 7.85. The molecule has 2 aliphatic heterocycles. The number of nitrogens with zero attached hydrogens (tertiary/aromatic N) is 8. The van der Waals surface area contributed by atoms with Crippen LogP contribution < -0.4 is 0 Å². The minimum absolute atomic E-state index is 0.0303. The topological polar surface area (TPSA) is 146 Å². The van der Waals surface area contributed by atoms with Crippen molar-refractivity contribution in [3.63, 3.8) is 0 Å². The lowest BCUT2D eigenvalue weighted by Gasteiger charge is -2.14. The van der Waals surface area contributed by atoms with E-state index in [-0.39, 0.29) is 17.7 Å².